The fourth-order valence-electron chi connectivity index (χ4n) is 4.92. The van der Waals surface area contributed by atoms with Crippen molar-refractivity contribution < 1.29 is 21.9 Å². The molecule has 0 spiro atoms. The highest BCUT2D eigenvalue weighted by atomic mass is 32.2. The summed E-state index contributed by atoms with van der Waals surface area (Å²) in [4.78, 5) is 2.33. The zero-order chi connectivity index (χ0) is 20.1. The molecule has 3 heterocycles. The van der Waals surface area contributed by atoms with Crippen molar-refractivity contribution in [1.29, 1.82) is 0 Å². The lowest BCUT2D eigenvalue weighted by Gasteiger charge is -2.39. The first-order valence-electron chi connectivity index (χ1n) is 9.73. The lowest BCUT2D eigenvalue weighted by Crippen LogP contribution is -2.49. The van der Waals surface area contributed by atoms with E-state index in [4.69, 9.17) is 10.5 Å². The minimum absolute atomic E-state index is 0.111. The molecule has 3 saturated heterocycles. The average Bonchev–Trinajstić information content (AvgIpc) is 3.06. The monoisotopic (exact) mass is 415 g/mol. The van der Waals surface area contributed by atoms with Crippen LogP contribution in [0.25, 0.3) is 0 Å². The van der Waals surface area contributed by atoms with Gasteiger partial charge in [0.05, 0.1) is 12.9 Å². The van der Waals surface area contributed by atoms with Gasteiger partial charge in [-0.05, 0) is 42.9 Å². The highest BCUT2D eigenvalue weighted by Gasteiger charge is 2.43. The minimum Gasteiger partial charge on any atom is -0.370 e. The third-order valence-corrected chi connectivity index (χ3v) is 7.71. The van der Waals surface area contributed by atoms with E-state index in [0.717, 1.165) is 37.7 Å². The van der Waals surface area contributed by atoms with Crippen LogP contribution in [0.2, 0.25) is 0 Å². The smallest absolute Gasteiger partial charge is 0.211 e. The quantitative estimate of drug-likeness (QED) is 0.806. The van der Waals surface area contributed by atoms with Crippen molar-refractivity contribution in [2.75, 3.05) is 39.0 Å². The Morgan fingerprint density at radius 2 is 1.93 bits per heavy atom. The van der Waals surface area contributed by atoms with Gasteiger partial charge in [0.1, 0.15) is 17.7 Å². The molecule has 0 saturated carbocycles. The van der Waals surface area contributed by atoms with Crippen molar-refractivity contribution in [3.8, 4) is 0 Å². The highest BCUT2D eigenvalue weighted by Crippen LogP contribution is 2.37. The summed E-state index contributed by atoms with van der Waals surface area (Å²) in [6, 6.07) is 3.03. The number of hydrogen-bond donors (Lipinski definition) is 1. The van der Waals surface area contributed by atoms with E-state index < -0.39 is 33.8 Å². The maximum absolute atomic E-state index is 14.1. The van der Waals surface area contributed by atoms with Gasteiger partial charge in [0.25, 0.3) is 0 Å². The molecule has 3 aliphatic heterocycles. The van der Waals surface area contributed by atoms with Gasteiger partial charge in [0, 0.05) is 43.8 Å². The third kappa shape index (κ3) is 3.95. The lowest BCUT2D eigenvalue weighted by atomic mass is 9.90. The van der Waals surface area contributed by atoms with Gasteiger partial charge in [-0.25, -0.2) is 21.5 Å². The molecule has 1 aromatic rings. The van der Waals surface area contributed by atoms with Gasteiger partial charge in [-0.3, -0.25) is 4.90 Å². The van der Waals surface area contributed by atoms with Crippen molar-refractivity contribution >= 4 is 10.0 Å². The average molecular weight is 416 g/mol. The van der Waals surface area contributed by atoms with Crippen molar-refractivity contribution in [1.82, 2.24) is 9.21 Å². The molecule has 1 aromatic carbocycles. The maximum Gasteiger partial charge on any atom is 0.211 e. The Labute approximate surface area is 164 Å². The summed E-state index contributed by atoms with van der Waals surface area (Å²) < 4.78 is 58.8. The van der Waals surface area contributed by atoms with Crippen LogP contribution in [0.5, 0.6) is 0 Å². The molecule has 0 bridgehead atoms. The first-order chi connectivity index (χ1) is 13.2. The minimum atomic E-state index is -3.16. The van der Waals surface area contributed by atoms with Crippen molar-refractivity contribution in [2.45, 2.75) is 31.0 Å². The van der Waals surface area contributed by atoms with Gasteiger partial charge in [-0.1, -0.05) is 0 Å². The van der Waals surface area contributed by atoms with Gasteiger partial charge in [0.15, 0.2) is 0 Å². The predicted octanol–water partition coefficient (Wildman–Crippen LogP) is 1.34. The van der Waals surface area contributed by atoms with E-state index in [1.807, 2.05) is 0 Å². The highest BCUT2D eigenvalue weighted by molar-refractivity contribution is 7.88. The van der Waals surface area contributed by atoms with Crippen LogP contribution >= 0.6 is 0 Å². The number of ether oxygens (including phenoxy) is 1. The van der Waals surface area contributed by atoms with Crippen LogP contribution in [0.3, 0.4) is 0 Å². The van der Waals surface area contributed by atoms with Crippen LogP contribution in [0, 0.1) is 23.5 Å². The van der Waals surface area contributed by atoms with E-state index in [1.165, 1.54) is 6.26 Å². The van der Waals surface area contributed by atoms with E-state index in [0.29, 0.717) is 38.0 Å². The van der Waals surface area contributed by atoms with Crippen LogP contribution in [-0.4, -0.2) is 68.7 Å². The number of fused-ring (bicyclic) bond motifs is 1. The fraction of sp³-hybridized carbons (Fsp3) is 0.684. The number of likely N-dealkylation sites (tertiary alicyclic amines) is 1. The number of rotatable bonds is 3. The summed E-state index contributed by atoms with van der Waals surface area (Å²) in [6.07, 6.45) is 2.11. The Kier molecular flexibility index (Phi) is 5.47. The molecule has 2 N–H and O–H groups in total. The summed E-state index contributed by atoms with van der Waals surface area (Å²) >= 11 is 0. The van der Waals surface area contributed by atoms with Gasteiger partial charge < -0.3 is 10.5 Å². The van der Waals surface area contributed by atoms with Crippen LogP contribution < -0.4 is 5.73 Å². The summed E-state index contributed by atoms with van der Waals surface area (Å²) in [5.74, 6) is -0.215. The molecule has 28 heavy (non-hydrogen) atoms. The van der Waals surface area contributed by atoms with E-state index in [1.54, 1.807) is 4.31 Å². The molecule has 0 aromatic heterocycles. The normalized spacial score (nSPS) is 35.1. The van der Waals surface area contributed by atoms with Crippen molar-refractivity contribution in [3.05, 3.63) is 35.4 Å². The second-order valence-corrected chi connectivity index (χ2v) is 10.3. The zero-order valence-corrected chi connectivity index (χ0v) is 16.7. The molecular formula is C19H27F2N3O3S. The van der Waals surface area contributed by atoms with Crippen molar-refractivity contribution in [3.63, 3.8) is 0 Å². The number of nitrogens with two attached hydrogens (primary N) is 1. The van der Waals surface area contributed by atoms with Gasteiger partial charge >= 0.3 is 0 Å². The summed E-state index contributed by atoms with van der Waals surface area (Å²) in [7, 11) is -3.16. The number of nitrogens with zero attached hydrogens (tertiary/aromatic N) is 2. The van der Waals surface area contributed by atoms with E-state index >= 15 is 0 Å². The van der Waals surface area contributed by atoms with Crippen molar-refractivity contribution in [2.24, 2.45) is 17.6 Å². The maximum atomic E-state index is 14.1. The summed E-state index contributed by atoms with van der Waals surface area (Å²) in [5.41, 5.74) is 6.46. The fourth-order valence-corrected chi connectivity index (χ4v) is 5.82. The molecule has 3 fully saturated rings. The van der Waals surface area contributed by atoms with E-state index in [9.17, 15) is 17.2 Å². The molecule has 5 atom stereocenters. The van der Waals surface area contributed by atoms with Crippen LogP contribution in [-0.2, 0) is 14.8 Å². The summed E-state index contributed by atoms with van der Waals surface area (Å²) in [6.45, 7) is 3.27. The van der Waals surface area contributed by atoms with Crippen LogP contribution in [0.4, 0.5) is 8.78 Å². The molecule has 3 aliphatic rings. The Balaban J connectivity index is 1.40. The number of sulfonamides is 1. The largest absolute Gasteiger partial charge is 0.370 e. The number of halogens is 2. The Bertz CT molecular complexity index is 838. The topological polar surface area (TPSA) is 75.9 Å². The molecular weight excluding hydrogens is 388 g/mol. The predicted molar refractivity (Wildman–Crippen MR) is 101 cm³/mol. The molecule has 0 amide bonds. The molecule has 0 aliphatic carbocycles. The standard InChI is InChI=1S/C19H27F2N3O3S/c1-28(25,26)24-5-4-12-8-23(9-13(12)10-24)15-7-18(22)19(27-11-15)16-6-14(20)2-3-17(16)21/h2-3,6,12-13,15,18-19H,4-5,7-11,22H2,1H3/t12?,13?,15-,18+,19-/m1/s1. The van der Waals surface area contributed by atoms with Gasteiger partial charge in [0.2, 0.25) is 10.0 Å². The second-order valence-electron chi connectivity index (χ2n) is 8.36. The lowest BCUT2D eigenvalue weighted by molar-refractivity contribution is -0.0480. The number of benzene rings is 1. The van der Waals surface area contributed by atoms with Gasteiger partial charge in [-0.2, -0.15) is 0 Å². The molecule has 156 valence electrons. The molecule has 4 rings (SSSR count). The number of hydrogen-bond acceptors (Lipinski definition) is 5. The molecule has 9 heteroatoms. The summed E-state index contributed by atoms with van der Waals surface area (Å²) in [5, 5.41) is 0. The van der Waals surface area contributed by atoms with E-state index in [2.05, 4.69) is 4.90 Å². The Hall–Kier alpha value is -1.13. The Morgan fingerprint density at radius 3 is 2.64 bits per heavy atom. The number of piperidine rings is 1. The third-order valence-electron chi connectivity index (χ3n) is 6.44. The molecule has 2 unspecified atom stereocenters. The SMILES string of the molecule is CS(=O)(=O)N1CCC2CN([C@H]3CO[C@H](c4cc(F)ccc4F)[C@@H](N)C3)CC2C1. The second kappa shape index (κ2) is 7.60. The molecule has 6 nitrogen and oxygen atoms in total. The van der Waals surface area contributed by atoms with Gasteiger partial charge in [-0.15, -0.1) is 0 Å². The van der Waals surface area contributed by atoms with Crippen LogP contribution in [0.15, 0.2) is 18.2 Å². The van der Waals surface area contributed by atoms with E-state index in [-0.39, 0.29) is 11.6 Å². The first kappa shape index (κ1) is 20.2. The zero-order valence-electron chi connectivity index (χ0n) is 15.9. The molecule has 0 radical (unpaired) electrons. The Morgan fingerprint density at radius 1 is 1.18 bits per heavy atom. The first-order valence-corrected chi connectivity index (χ1v) is 11.6. The van der Waals surface area contributed by atoms with Crippen LogP contribution in [0.1, 0.15) is 24.5 Å².